The van der Waals surface area contributed by atoms with Crippen LogP contribution in [0.15, 0.2) is 42.1 Å². The van der Waals surface area contributed by atoms with E-state index >= 15 is 0 Å². The van der Waals surface area contributed by atoms with Crippen LogP contribution in [0.25, 0.3) is 0 Å². The van der Waals surface area contributed by atoms with Crippen molar-refractivity contribution >= 4 is 23.3 Å². The zero-order chi connectivity index (χ0) is 24.3. The van der Waals surface area contributed by atoms with Crippen LogP contribution in [0.2, 0.25) is 5.02 Å². The lowest BCUT2D eigenvalue weighted by Crippen LogP contribution is -2.31. The average Bonchev–Trinajstić information content (AvgIpc) is 3.15. The maximum atomic E-state index is 14.3. The second-order valence-electron chi connectivity index (χ2n) is 7.57. The van der Waals surface area contributed by atoms with Crippen LogP contribution in [-0.2, 0) is 11.7 Å². The monoisotopic (exact) mass is 475 g/mol. The maximum absolute atomic E-state index is 14.3. The van der Waals surface area contributed by atoms with Crippen LogP contribution in [0.3, 0.4) is 0 Å². The van der Waals surface area contributed by atoms with E-state index in [-0.39, 0.29) is 22.3 Å². The van der Waals surface area contributed by atoms with Crippen molar-refractivity contribution in [3.63, 3.8) is 0 Å². The number of alkyl halides is 3. The fourth-order valence-electron chi connectivity index (χ4n) is 2.60. The number of nitrogens with two attached hydrogens (primary N) is 1. The molecule has 3 N–H and O–H groups in total. The van der Waals surface area contributed by atoms with E-state index < -0.39 is 41.3 Å². The molecule has 0 aliphatic heterocycles. The number of nitrogens with one attached hydrogen (secondary N) is 1. The molecule has 2 aromatic rings. The average molecular weight is 476 g/mol. The predicted molar refractivity (Wildman–Crippen MR) is 112 cm³/mol. The summed E-state index contributed by atoms with van der Waals surface area (Å²) in [5.74, 6) is -1.81. The van der Waals surface area contributed by atoms with Gasteiger partial charge >= 0.3 is 6.18 Å². The molecule has 174 valence electrons. The Hall–Kier alpha value is -3.08. The topological polar surface area (TPSA) is 95.1 Å². The van der Waals surface area contributed by atoms with Gasteiger partial charge in [0.05, 0.1) is 17.3 Å². The van der Waals surface area contributed by atoms with E-state index in [1.54, 1.807) is 0 Å². The summed E-state index contributed by atoms with van der Waals surface area (Å²) in [6, 6.07) is 1.38. The number of allylic oxidation sites excluding steroid dienone is 2. The van der Waals surface area contributed by atoms with E-state index in [2.05, 4.69) is 15.4 Å². The highest BCUT2D eigenvalue weighted by molar-refractivity contribution is 6.34. The van der Waals surface area contributed by atoms with Crippen molar-refractivity contribution in [1.82, 2.24) is 20.1 Å². The Morgan fingerprint density at radius 1 is 1.34 bits per heavy atom. The number of pyridine rings is 1. The summed E-state index contributed by atoms with van der Waals surface area (Å²) < 4.78 is 61.1. The standard InChI is InChI=1S/C20H22ClF4N5O2/c1-5-12(8-11(22)10-32-14-6-7-27-17(26)15(14)21)29-18(31)13-9-28-30(19(2,3)4)16(13)20(23,24)25/h5-9H,10H2,1-4H3,(H2,26,27)(H,29,31)/b11-8+,12-5+. The molecule has 0 aromatic carbocycles. The van der Waals surface area contributed by atoms with Gasteiger partial charge < -0.3 is 15.8 Å². The fraction of sp³-hybridized carbons (Fsp3) is 0.350. The first-order chi connectivity index (χ1) is 14.8. The first-order valence-corrected chi connectivity index (χ1v) is 9.65. The Morgan fingerprint density at radius 3 is 2.56 bits per heavy atom. The van der Waals surface area contributed by atoms with Crippen LogP contribution in [0.1, 0.15) is 43.7 Å². The molecule has 0 radical (unpaired) electrons. The molecule has 0 bridgehead atoms. The molecule has 2 rings (SSSR count). The van der Waals surface area contributed by atoms with Crippen molar-refractivity contribution < 1.29 is 27.1 Å². The largest absolute Gasteiger partial charge is 0.485 e. The van der Waals surface area contributed by atoms with Crippen LogP contribution in [0.5, 0.6) is 5.75 Å². The van der Waals surface area contributed by atoms with Gasteiger partial charge in [-0.1, -0.05) is 17.7 Å². The molecular weight excluding hydrogens is 454 g/mol. The molecular formula is C20H22ClF4N5O2. The molecule has 1 amide bonds. The van der Waals surface area contributed by atoms with E-state index in [1.807, 2.05) is 0 Å². The number of anilines is 1. The second-order valence-corrected chi connectivity index (χ2v) is 7.95. The van der Waals surface area contributed by atoms with E-state index in [9.17, 15) is 22.4 Å². The van der Waals surface area contributed by atoms with E-state index in [0.29, 0.717) is 0 Å². The Morgan fingerprint density at radius 2 is 2.00 bits per heavy atom. The number of hydrogen-bond acceptors (Lipinski definition) is 5. The lowest BCUT2D eigenvalue weighted by atomic mass is 10.1. The van der Waals surface area contributed by atoms with Gasteiger partial charge in [-0.15, -0.1) is 0 Å². The highest BCUT2D eigenvalue weighted by atomic mass is 35.5. The zero-order valence-electron chi connectivity index (χ0n) is 17.7. The number of halogens is 5. The van der Waals surface area contributed by atoms with Crippen LogP contribution in [0, 0.1) is 0 Å². The van der Waals surface area contributed by atoms with Gasteiger partial charge in [0.25, 0.3) is 5.91 Å². The number of aromatic nitrogens is 3. The van der Waals surface area contributed by atoms with Crippen LogP contribution < -0.4 is 15.8 Å². The van der Waals surface area contributed by atoms with E-state index in [4.69, 9.17) is 22.1 Å². The lowest BCUT2D eigenvalue weighted by Gasteiger charge is -2.23. The van der Waals surface area contributed by atoms with Gasteiger partial charge in [0, 0.05) is 18.0 Å². The molecule has 0 atom stereocenters. The summed E-state index contributed by atoms with van der Waals surface area (Å²) in [5, 5.41) is 5.99. The first kappa shape index (κ1) is 25.2. The molecule has 0 aliphatic rings. The second kappa shape index (κ2) is 9.60. The highest BCUT2D eigenvalue weighted by Gasteiger charge is 2.42. The van der Waals surface area contributed by atoms with Crippen molar-refractivity contribution in [2.75, 3.05) is 12.3 Å². The third-order valence-corrected chi connectivity index (χ3v) is 4.42. The summed E-state index contributed by atoms with van der Waals surface area (Å²) in [5.41, 5.74) is 2.56. The van der Waals surface area contributed by atoms with Crippen molar-refractivity contribution in [3.8, 4) is 5.75 Å². The normalized spacial score (nSPS) is 13.3. The summed E-state index contributed by atoms with van der Waals surface area (Å²) in [7, 11) is 0. The van der Waals surface area contributed by atoms with Gasteiger partial charge in [0.15, 0.2) is 5.69 Å². The van der Waals surface area contributed by atoms with Crippen molar-refractivity contribution in [2.45, 2.75) is 39.4 Å². The molecule has 0 fully saturated rings. The molecule has 12 heteroatoms. The number of hydrogen-bond donors (Lipinski definition) is 2. The quantitative estimate of drug-likeness (QED) is 0.460. The minimum absolute atomic E-state index is 0.00577. The van der Waals surface area contributed by atoms with Crippen molar-refractivity contribution in [1.29, 1.82) is 0 Å². The smallest absolute Gasteiger partial charge is 0.433 e. The van der Waals surface area contributed by atoms with Crippen LogP contribution in [0.4, 0.5) is 23.4 Å². The van der Waals surface area contributed by atoms with Gasteiger partial charge in [0.2, 0.25) is 0 Å². The van der Waals surface area contributed by atoms with Crippen molar-refractivity contribution in [2.24, 2.45) is 0 Å². The molecule has 7 nitrogen and oxygen atoms in total. The molecule has 0 unspecified atom stereocenters. The van der Waals surface area contributed by atoms with Crippen molar-refractivity contribution in [3.05, 3.63) is 58.4 Å². The first-order valence-electron chi connectivity index (χ1n) is 9.28. The molecule has 0 saturated heterocycles. The molecule has 0 spiro atoms. The van der Waals surface area contributed by atoms with Gasteiger partial charge in [0.1, 0.15) is 29.0 Å². The van der Waals surface area contributed by atoms with Crippen LogP contribution >= 0.6 is 11.6 Å². The third kappa shape index (κ3) is 6.00. The summed E-state index contributed by atoms with van der Waals surface area (Å²) >= 11 is 5.91. The highest BCUT2D eigenvalue weighted by Crippen LogP contribution is 2.35. The summed E-state index contributed by atoms with van der Waals surface area (Å²) in [6.45, 7) is 5.48. The van der Waals surface area contributed by atoms with Gasteiger partial charge in [-0.2, -0.15) is 18.3 Å². The fourth-order valence-corrected chi connectivity index (χ4v) is 2.76. The van der Waals surface area contributed by atoms with E-state index in [1.165, 1.54) is 46.0 Å². The molecule has 0 aliphatic carbocycles. The Labute approximate surface area is 186 Å². The molecule has 32 heavy (non-hydrogen) atoms. The minimum atomic E-state index is -4.83. The Bertz CT molecular complexity index is 1060. The number of ether oxygens (including phenoxy) is 1. The van der Waals surface area contributed by atoms with E-state index in [0.717, 1.165) is 17.0 Å². The Kier molecular flexibility index (Phi) is 7.55. The third-order valence-electron chi connectivity index (χ3n) is 4.05. The maximum Gasteiger partial charge on any atom is 0.433 e. The number of nitrogen functional groups attached to an aromatic ring is 1. The number of rotatable bonds is 6. The SMILES string of the molecule is C/C=C(\C=C(\F)COc1ccnc(N)c1Cl)NC(=O)c1cnn(C(C)(C)C)c1C(F)(F)F. The summed E-state index contributed by atoms with van der Waals surface area (Å²) in [6.07, 6.45) is -0.442. The molecule has 2 aromatic heterocycles. The molecule has 2 heterocycles. The molecule has 0 saturated carbocycles. The minimum Gasteiger partial charge on any atom is -0.485 e. The van der Waals surface area contributed by atoms with Crippen LogP contribution in [-0.4, -0.2) is 27.3 Å². The summed E-state index contributed by atoms with van der Waals surface area (Å²) in [4.78, 5) is 16.3. The predicted octanol–water partition coefficient (Wildman–Crippen LogP) is 4.85. The zero-order valence-corrected chi connectivity index (χ0v) is 18.5. The number of nitrogens with zero attached hydrogens (tertiary/aromatic N) is 3. The van der Waals surface area contributed by atoms with Gasteiger partial charge in [-0.25, -0.2) is 9.37 Å². The Balaban J connectivity index is 2.20. The van der Waals surface area contributed by atoms with Gasteiger partial charge in [-0.3, -0.25) is 9.48 Å². The number of carbonyl (C=O) groups is 1. The number of carbonyl (C=O) groups excluding carboxylic acids is 1. The lowest BCUT2D eigenvalue weighted by molar-refractivity contribution is -0.146. The van der Waals surface area contributed by atoms with Gasteiger partial charge in [-0.05, 0) is 33.8 Å². The number of amides is 1.